The Morgan fingerprint density at radius 2 is 1.55 bits per heavy atom. The molecule has 3 rings (SSSR count). The third kappa shape index (κ3) is 5.86. The molecule has 214 valence electrons. The van der Waals surface area contributed by atoms with E-state index < -0.39 is 80.6 Å². The molecular weight excluding hydrogens is 516 g/mol. The first-order valence-corrected chi connectivity index (χ1v) is 11.4. The SMILES string of the molecule is COc1cc(C=CC(=O)OC2C(O)C(CO)OC2(CO)OC2OC(CO)C(O)C(O)C2O)cc(OC)c1O. The fraction of sp³-hybridized carbons (Fsp3) is 0.609. The number of aliphatic hydroxyl groups excluding tert-OH is 7. The van der Waals surface area contributed by atoms with Crippen LogP contribution in [0.2, 0.25) is 0 Å². The van der Waals surface area contributed by atoms with Gasteiger partial charge in [0, 0.05) is 6.08 Å². The molecule has 2 aliphatic rings. The zero-order valence-electron chi connectivity index (χ0n) is 20.5. The van der Waals surface area contributed by atoms with Crippen molar-refractivity contribution >= 4 is 12.0 Å². The fourth-order valence-corrected chi connectivity index (χ4v) is 4.11. The number of phenols is 1. The molecule has 0 saturated carbocycles. The summed E-state index contributed by atoms with van der Waals surface area (Å²) in [5.41, 5.74) is 0.357. The molecule has 15 nitrogen and oxygen atoms in total. The second-order valence-corrected chi connectivity index (χ2v) is 8.58. The number of rotatable bonds is 10. The lowest BCUT2D eigenvalue weighted by molar-refractivity contribution is -0.383. The van der Waals surface area contributed by atoms with Gasteiger partial charge in [-0.1, -0.05) is 0 Å². The summed E-state index contributed by atoms with van der Waals surface area (Å²) in [6, 6.07) is 2.80. The number of hydrogen-bond donors (Lipinski definition) is 8. The van der Waals surface area contributed by atoms with Gasteiger partial charge in [-0.15, -0.1) is 0 Å². The first-order chi connectivity index (χ1) is 18.0. The van der Waals surface area contributed by atoms with Gasteiger partial charge in [-0.3, -0.25) is 0 Å². The quantitative estimate of drug-likeness (QED) is 0.105. The monoisotopic (exact) mass is 548 g/mol. The minimum Gasteiger partial charge on any atom is -0.502 e. The van der Waals surface area contributed by atoms with Crippen molar-refractivity contribution in [1.82, 2.24) is 0 Å². The molecule has 8 N–H and O–H groups in total. The molecule has 0 radical (unpaired) electrons. The number of aliphatic hydroxyl groups is 7. The van der Waals surface area contributed by atoms with E-state index in [9.17, 15) is 45.6 Å². The van der Waals surface area contributed by atoms with Crippen molar-refractivity contribution in [2.75, 3.05) is 34.0 Å². The Morgan fingerprint density at radius 3 is 2.08 bits per heavy atom. The summed E-state index contributed by atoms with van der Waals surface area (Å²) in [5.74, 6) is -3.58. The lowest BCUT2D eigenvalue weighted by atomic mass is 9.99. The number of carbonyl (C=O) groups excluding carboxylic acids is 1. The van der Waals surface area contributed by atoms with Crippen molar-refractivity contribution in [2.24, 2.45) is 0 Å². The van der Waals surface area contributed by atoms with Crippen LogP contribution in [0.5, 0.6) is 17.2 Å². The average Bonchev–Trinajstić information content (AvgIpc) is 3.18. The van der Waals surface area contributed by atoms with Crippen LogP contribution in [-0.4, -0.2) is 136 Å². The van der Waals surface area contributed by atoms with Gasteiger partial charge in [0.05, 0.1) is 27.4 Å². The summed E-state index contributed by atoms with van der Waals surface area (Å²) in [7, 11) is 2.64. The maximum Gasteiger partial charge on any atom is 0.331 e. The van der Waals surface area contributed by atoms with E-state index in [0.29, 0.717) is 5.56 Å². The lowest BCUT2D eigenvalue weighted by Crippen LogP contribution is -2.63. The van der Waals surface area contributed by atoms with Gasteiger partial charge < -0.3 is 69.3 Å². The highest BCUT2D eigenvalue weighted by Gasteiger charge is 2.60. The zero-order chi connectivity index (χ0) is 28.2. The number of carbonyl (C=O) groups is 1. The van der Waals surface area contributed by atoms with Crippen LogP contribution in [0, 0.1) is 0 Å². The van der Waals surface area contributed by atoms with Crippen LogP contribution in [0.15, 0.2) is 18.2 Å². The average molecular weight is 548 g/mol. The Hall–Kier alpha value is -2.57. The summed E-state index contributed by atoms with van der Waals surface area (Å²) in [5, 5.41) is 80.1. The minimum absolute atomic E-state index is 0.0648. The van der Waals surface area contributed by atoms with Crippen molar-refractivity contribution in [3.05, 3.63) is 23.8 Å². The predicted molar refractivity (Wildman–Crippen MR) is 123 cm³/mol. The van der Waals surface area contributed by atoms with Gasteiger partial charge in [-0.25, -0.2) is 4.79 Å². The van der Waals surface area contributed by atoms with Crippen LogP contribution in [0.1, 0.15) is 5.56 Å². The molecule has 9 unspecified atom stereocenters. The molecule has 1 aromatic rings. The molecule has 2 heterocycles. The largest absolute Gasteiger partial charge is 0.502 e. The number of methoxy groups -OCH3 is 2. The molecule has 2 fully saturated rings. The normalized spacial score (nSPS) is 35.4. The first kappa shape index (κ1) is 30.0. The zero-order valence-corrected chi connectivity index (χ0v) is 20.5. The third-order valence-corrected chi connectivity index (χ3v) is 6.20. The second kappa shape index (κ2) is 12.5. The van der Waals surface area contributed by atoms with Crippen LogP contribution < -0.4 is 9.47 Å². The van der Waals surface area contributed by atoms with Gasteiger partial charge in [0.2, 0.25) is 11.5 Å². The molecule has 0 spiro atoms. The topological polar surface area (TPSA) is 234 Å². The first-order valence-electron chi connectivity index (χ1n) is 11.4. The van der Waals surface area contributed by atoms with Crippen LogP contribution in [-0.2, 0) is 23.7 Å². The standard InChI is InChI=1S/C23H32O15/c1-33-11-5-10(6-12(34-2)16(11)28)3-4-15(27)36-21-18(30)14(8-25)37-23(21,9-26)38-22-20(32)19(31)17(29)13(7-24)35-22/h3-6,13-14,17-22,24-26,28-32H,7-9H2,1-2H3. The van der Waals surface area contributed by atoms with Gasteiger partial charge in [-0.05, 0) is 23.8 Å². The van der Waals surface area contributed by atoms with E-state index in [2.05, 4.69) is 0 Å². The van der Waals surface area contributed by atoms with E-state index in [-0.39, 0.29) is 17.2 Å². The van der Waals surface area contributed by atoms with Crippen LogP contribution in [0.4, 0.5) is 0 Å². The van der Waals surface area contributed by atoms with Crippen molar-refractivity contribution in [3.63, 3.8) is 0 Å². The minimum atomic E-state index is -2.39. The molecule has 1 aromatic carbocycles. The summed E-state index contributed by atoms with van der Waals surface area (Å²) in [4.78, 5) is 12.7. The van der Waals surface area contributed by atoms with Crippen LogP contribution in [0.25, 0.3) is 6.08 Å². The van der Waals surface area contributed by atoms with Crippen molar-refractivity contribution in [3.8, 4) is 17.2 Å². The molecule has 15 heteroatoms. The Kier molecular flexibility index (Phi) is 9.88. The highest BCUT2D eigenvalue weighted by Crippen LogP contribution is 2.39. The maximum atomic E-state index is 12.7. The Labute approximate surface area is 216 Å². The van der Waals surface area contributed by atoms with E-state index in [1.54, 1.807) is 0 Å². The van der Waals surface area contributed by atoms with Gasteiger partial charge in [0.1, 0.15) is 43.2 Å². The second-order valence-electron chi connectivity index (χ2n) is 8.58. The van der Waals surface area contributed by atoms with E-state index in [1.165, 1.54) is 32.4 Å². The molecule has 0 aliphatic carbocycles. The summed E-state index contributed by atoms with van der Waals surface area (Å²) >= 11 is 0. The summed E-state index contributed by atoms with van der Waals surface area (Å²) < 4.78 is 31.7. The van der Waals surface area contributed by atoms with Gasteiger partial charge in [0.15, 0.2) is 23.9 Å². The lowest BCUT2D eigenvalue weighted by Gasteiger charge is -2.43. The number of ether oxygens (including phenoxy) is 6. The Bertz CT molecular complexity index is 959. The molecule has 0 aromatic heterocycles. The highest BCUT2D eigenvalue weighted by atomic mass is 16.8. The summed E-state index contributed by atoms with van der Waals surface area (Å²) in [6.45, 7) is -2.63. The van der Waals surface area contributed by atoms with E-state index in [0.717, 1.165) is 6.08 Å². The molecule has 2 aliphatic heterocycles. The predicted octanol–water partition coefficient (Wildman–Crippen LogP) is -3.41. The van der Waals surface area contributed by atoms with Crippen molar-refractivity contribution in [2.45, 2.75) is 54.8 Å². The van der Waals surface area contributed by atoms with Crippen LogP contribution in [0.3, 0.4) is 0 Å². The van der Waals surface area contributed by atoms with E-state index >= 15 is 0 Å². The molecule has 0 bridgehead atoms. The number of esters is 1. The molecular formula is C23H32O15. The maximum absolute atomic E-state index is 12.7. The Morgan fingerprint density at radius 1 is 0.947 bits per heavy atom. The molecule has 9 atom stereocenters. The van der Waals surface area contributed by atoms with Crippen LogP contribution >= 0.6 is 0 Å². The third-order valence-electron chi connectivity index (χ3n) is 6.20. The van der Waals surface area contributed by atoms with Crippen molar-refractivity contribution in [1.29, 1.82) is 0 Å². The van der Waals surface area contributed by atoms with Crippen molar-refractivity contribution < 1.29 is 74.1 Å². The number of benzene rings is 1. The fourth-order valence-electron chi connectivity index (χ4n) is 4.11. The van der Waals surface area contributed by atoms with Gasteiger partial charge in [0.25, 0.3) is 0 Å². The molecule has 0 amide bonds. The number of aromatic hydroxyl groups is 1. The summed E-state index contributed by atoms with van der Waals surface area (Å²) in [6.07, 6.45) is -11.3. The highest BCUT2D eigenvalue weighted by molar-refractivity contribution is 5.87. The van der Waals surface area contributed by atoms with Gasteiger partial charge in [-0.2, -0.15) is 0 Å². The number of phenolic OH excluding ortho intramolecular Hbond substituents is 1. The number of hydrogen-bond acceptors (Lipinski definition) is 15. The smallest absolute Gasteiger partial charge is 0.331 e. The Balaban J connectivity index is 1.84. The van der Waals surface area contributed by atoms with E-state index in [4.69, 9.17) is 28.4 Å². The molecule has 38 heavy (non-hydrogen) atoms. The molecule has 2 saturated heterocycles. The van der Waals surface area contributed by atoms with E-state index in [1.807, 2.05) is 0 Å². The van der Waals surface area contributed by atoms with Gasteiger partial charge >= 0.3 is 5.97 Å².